The van der Waals surface area contributed by atoms with E-state index in [9.17, 15) is 4.79 Å². The van der Waals surface area contributed by atoms with Gasteiger partial charge in [-0.25, -0.2) is 4.98 Å². The van der Waals surface area contributed by atoms with E-state index in [4.69, 9.17) is 0 Å². The van der Waals surface area contributed by atoms with Crippen LogP contribution in [-0.4, -0.2) is 34.6 Å². The number of rotatable bonds is 3. The van der Waals surface area contributed by atoms with Crippen molar-refractivity contribution in [2.75, 3.05) is 18.8 Å². The van der Waals surface area contributed by atoms with Gasteiger partial charge in [0.05, 0.1) is 10.2 Å². The Hall–Kier alpha value is -0.550. The Kier molecular flexibility index (Phi) is 5.06. The fraction of sp³-hybridized carbons (Fsp3) is 0.538. The van der Waals surface area contributed by atoms with Crippen LogP contribution >= 0.6 is 27.7 Å². The van der Waals surface area contributed by atoms with E-state index in [1.165, 1.54) is 18.2 Å². The summed E-state index contributed by atoms with van der Waals surface area (Å²) >= 11 is 5.03. The van der Waals surface area contributed by atoms with E-state index >= 15 is 0 Å². The van der Waals surface area contributed by atoms with Crippen molar-refractivity contribution >= 4 is 33.6 Å². The van der Waals surface area contributed by atoms with Gasteiger partial charge in [-0.3, -0.25) is 4.79 Å². The number of pyridine rings is 1. The predicted octanol–water partition coefficient (Wildman–Crippen LogP) is 3.26. The van der Waals surface area contributed by atoms with Crippen molar-refractivity contribution in [1.29, 1.82) is 0 Å². The van der Waals surface area contributed by atoms with Crippen molar-refractivity contribution in [2.45, 2.75) is 31.2 Å². The molecule has 1 fully saturated rings. The molecule has 98 valence electrons. The number of aromatic nitrogens is 1. The van der Waals surface area contributed by atoms with Gasteiger partial charge >= 0.3 is 0 Å². The fourth-order valence-electron chi connectivity index (χ4n) is 1.98. The zero-order chi connectivity index (χ0) is 13.0. The van der Waals surface area contributed by atoms with Gasteiger partial charge in [-0.15, -0.1) is 0 Å². The molecule has 5 heteroatoms. The molecule has 0 aromatic carbocycles. The SMILES string of the molecule is Cc1ccnc(SCC(=O)N2CCCCC2)c1Br. The van der Waals surface area contributed by atoms with Gasteiger partial charge in [0.25, 0.3) is 0 Å². The summed E-state index contributed by atoms with van der Waals surface area (Å²) in [6.07, 6.45) is 5.32. The number of aryl methyl sites for hydroxylation is 1. The van der Waals surface area contributed by atoms with E-state index in [1.807, 2.05) is 17.9 Å². The second-order valence-corrected chi connectivity index (χ2v) is 6.23. The first kappa shape index (κ1) is 13.9. The van der Waals surface area contributed by atoms with Gasteiger partial charge in [0.15, 0.2) is 0 Å². The van der Waals surface area contributed by atoms with Gasteiger partial charge in [0.2, 0.25) is 5.91 Å². The molecule has 2 rings (SSSR count). The van der Waals surface area contributed by atoms with Crippen molar-refractivity contribution in [2.24, 2.45) is 0 Å². The standard InChI is InChI=1S/C13H17BrN2OS/c1-10-5-6-15-13(12(10)14)18-9-11(17)16-7-3-2-4-8-16/h5-6H,2-4,7-9H2,1H3. The quantitative estimate of drug-likeness (QED) is 0.798. The van der Waals surface area contributed by atoms with Crippen molar-refractivity contribution in [3.05, 3.63) is 22.3 Å². The van der Waals surface area contributed by atoms with E-state index < -0.39 is 0 Å². The highest BCUT2D eigenvalue weighted by Gasteiger charge is 2.17. The van der Waals surface area contributed by atoms with E-state index in [0.717, 1.165) is 41.0 Å². The topological polar surface area (TPSA) is 33.2 Å². The van der Waals surface area contributed by atoms with Crippen LogP contribution < -0.4 is 0 Å². The number of carbonyl (C=O) groups excluding carboxylic acids is 1. The third kappa shape index (κ3) is 3.48. The molecule has 1 aromatic rings. The van der Waals surface area contributed by atoms with E-state index in [-0.39, 0.29) is 5.91 Å². The fourth-order valence-corrected chi connectivity index (χ4v) is 3.42. The molecular formula is C13H17BrN2OS. The predicted molar refractivity (Wildman–Crippen MR) is 77.8 cm³/mol. The molecule has 1 aliphatic heterocycles. The molecule has 0 saturated carbocycles. The molecule has 1 amide bonds. The minimum absolute atomic E-state index is 0.231. The van der Waals surface area contributed by atoms with Crippen molar-refractivity contribution < 1.29 is 4.79 Å². The Morgan fingerprint density at radius 1 is 1.44 bits per heavy atom. The van der Waals surface area contributed by atoms with Crippen LogP contribution in [0, 0.1) is 6.92 Å². The Morgan fingerprint density at radius 3 is 2.89 bits per heavy atom. The Labute approximate surface area is 120 Å². The molecule has 3 nitrogen and oxygen atoms in total. The van der Waals surface area contributed by atoms with E-state index in [2.05, 4.69) is 20.9 Å². The summed E-state index contributed by atoms with van der Waals surface area (Å²) in [7, 11) is 0. The lowest BCUT2D eigenvalue weighted by Crippen LogP contribution is -2.36. The average Bonchev–Trinajstić information content (AvgIpc) is 2.41. The molecule has 0 bridgehead atoms. The number of hydrogen-bond acceptors (Lipinski definition) is 3. The van der Waals surface area contributed by atoms with Gasteiger partial charge in [0, 0.05) is 19.3 Å². The number of piperidine rings is 1. The van der Waals surface area contributed by atoms with Crippen molar-refractivity contribution in [1.82, 2.24) is 9.88 Å². The monoisotopic (exact) mass is 328 g/mol. The molecule has 1 aliphatic rings. The number of thioether (sulfide) groups is 1. The lowest BCUT2D eigenvalue weighted by Gasteiger charge is -2.26. The maximum atomic E-state index is 12.0. The van der Waals surface area contributed by atoms with Crippen LogP contribution in [0.25, 0.3) is 0 Å². The molecule has 1 aromatic heterocycles. The maximum absolute atomic E-state index is 12.0. The zero-order valence-electron chi connectivity index (χ0n) is 10.5. The smallest absolute Gasteiger partial charge is 0.232 e. The minimum Gasteiger partial charge on any atom is -0.342 e. The summed E-state index contributed by atoms with van der Waals surface area (Å²) in [5, 5.41) is 0.903. The largest absolute Gasteiger partial charge is 0.342 e. The Bertz CT molecular complexity index is 433. The van der Waals surface area contributed by atoms with Crippen molar-refractivity contribution in [3.8, 4) is 0 Å². The molecule has 2 heterocycles. The second-order valence-electron chi connectivity index (χ2n) is 4.48. The molecule has 0 radical (unpaired) electrons. The molecular weight excluding hydrogens is 312 g/mol. The van der Waals surface area contributed by atoms with Crippen LogP contribution in [0.1, 0.15) is 24.8 Å². The first-order valence-corrected chi connectivity index (χ1v) is 7.98. The Morgan fingerprint density at radius 2 is 2.17 bits per heavy atom. The van der Waals surface area contributed by atoms with Crippen LogP contribution in [0.4, 0.5) is 0 Å². The van der Waals surface area contributed by atoms with Crippen LogP contribution in [0.15, 0.2) is 21.8 Å². The molecule has 0 aliphatic carbocycles. The van der Waals surface area contributed by atoms with Crippen LogP contribution in [0.5, 0.6) is 0 Å². The molecule has 0 spiro atoms. The molecule has 0 atom stereocenters. The maximum Gasteiger partial charge on any atom is 0.232 e. The number of halogens is 1. The zero-order valence-corrected chi connectivity index (χ0v) is 12.9. The summed E-state index contributed by atoms with van der Waals surface area (Å²) in [5.41, 5.74) is 1.15. The van der Waals surface area contributed by atoms with Crippen molar-refractivity contribution in [3.63, 3.8) is 0 Å². The highest BCUT2D eigenvalue weighted by molar-refractivity contribution is 9.10. The summed E-state index contributed by atoms with van der Waals surface area (Å²) in [6.45, 7) is 3.87. The lowest BCUT2D eigenvalue weighted by molar-refractivity contribution is -0.129. The summed E-state index contributed by atoms with van der Waals surface area (Å²) < 4.78 is 1.00. The van der Waals surface area contributed by atoms with Gasteiger partial charge < -0.3 is 4.90 Å². The Balaban J connectivity index is 1.90. The van der Waals surface area contributed by atoms with Crippen LogP contribution in [-0.2, 0) is 4.79 Å². The number of carbonyl (C=O) groups is 1. The van der Waals surface area contributed by atoms with Crippen LogP contribution in [0.3, 0.4) is 0 Å². The van der Waals surface area contributed by atoms with E-state index in [0.29, 0.717) is 5.75 Å². The first-order valence-electron chi connectivity index (χ1n) is 6.20. The number of amides is 1. The second kappa shape index (κ2) is 6.57. The molecule has 1 saturated heterocycles. The molecule has 0 unspecified atom stereocenters. The summed E-state index contributed by atoms with van der Waals surface area (Å²) in [6, 6.07) is 1.96. The van der Waals surface area contributed by atoms with Gasteiger partial charge in [0.1, 0.15) is 5.03 Å². The number of likely N-dealkylation sites (tertiary alicyclic amines) is 1. The molecule has 18 heavy (non-hydrogen) atoms. The van der Waals surface area contributed by atoms with E-state index in [1.54, 1.807) is 6.20 Å². The third-order valence-corrected chi connectivity index (χ3v) is 5.33. The highest BCUT2D eigenvalue weighted by atomic mass is 79.9. The van der Waals surface area contributed by atoms with Gasteiger partial charge in [-0.05, 0) is 53.7 Å². The average molecular weight is 329 g/mol. The van der Waals surface area contributed by atoms with Gasteiger partial charge in [-0.1, -0.05) is 11.8 Å². The summed E-state index contributed by atoms with van der Waals surface area (Å²) in [4.78, 5) is 18.3. The number of hydrogen-bond donors (Lipinski definition) is 0. The minimum atomic E-state index is 0.231. The van der Waals surface area contributed by atoms with Gasteiger partial charge in [-0.2, -0.15) is 0 Å². The third-order valence-electron chi connectivity index (χ3n) is 3.09. The van der Waals surface area contributed by atoms with Crippen LogP contribution in [0.2, 0.25) is 0 Å². The summed E-state index contributed by atoms with van der Waals surface area (Å²) in [5.74, 6) is 0.713. The highest BCUT2D eigenvalue weighted by Crippen LogP contribution is 2.28. The first-order chi connectivity index (χ1) is 8.68. The normalized spacial score (nSPS) is 15.8. The number of nitrogens with zero attached hydrogens (tertiary/aromatic N) is 2. The lowest BCUT2D eigenvalue weighted by atomic mass is 10.1. The molecule has 0 N–H and O–H groups in total.